The molecule has 0 radical (unpaired) electrons. The van der Waals surface area contributed by atoms with Crippen LogP contribution in [0.25, 0.3) is 0 Å². The van der Waals surface area contributed by atoms with Crippen LogP contribution >= 0.6 is 11.6 Å². The number of hydrogen-bond donors (Lipinski definition) is 1. The summed E-state index contributed by atoms with van der Waals surface area (Å²) in [6, 6.07) is 0.162. The van der Waals surface area contributed by atoms with Gasteiger partial charge in [0.15, 0.2) is 0 Å². The Bertz CT molecular complexity index is 261. The number of nitrogens with one attached hydrogen (secondary N) is 1. The van der Waals surface area contributed by atoms with Gasteiger partial charge in [-0.2, -0.15) is 0 Å². The molecule has 1 rings (SSSR count). The van der Waals surface area contributed by atoms with Gasteiger partial charge in [0.25, 0.3) is 0 Å². The Morgan fingerprint density at radius 3 is 2.44 bits per heavy atom. The van der Waals surface area contributed by atoms with Gasteiger partial charge in [-0.1, -0.05) is 6.92 Å². The molecule has 0 aromatic carbocycles. The third kappa shape index (κ3) is 3.67. The van der Waals surface area contributed by atoms with Crippen LogP contribution in [-0.4, -0.2) is 41.2 Å². The third-order valence-corrected chi connectivity index (χ3v) is 3.06. The topological polar surface area (TPSA) is 49.4 Å². The van der Waals surface area contributed by atoms with E-state index >= 15 is 0 Å². The number of nitrogens with zero attached hydrogens (tertiary/aromatic N) is 1. The number of alkyl halides is 1. The molecular weight excluding hydrogens is 228 g/mol. The van der Waals surface area contributed by atoms with Crippen LogP contribution in [-0.2, 0) is 9.59 Å². The third-order valence-electron chi connectivity index (χ3n) is 2.86. The lowest BCUT2D eigenvalue weighted by atomic mass is 10.0. The summed E-state index contributed by atoms with van der Waals surface area (Å²) in [6.45, 7) is 4.99. The molecule has 1 heterocycles. The first-order valence-corrected chi connectivity index (χ1v) is 6.20. The smallest absolute Gasteiger partial charge is 0.237 e. The van der Waals surface area contributed by atoms with Gasteiger partial charge < -0.3 is 10.2 Å². The van der Waals surface area contributed by atoms with Crippen LogP contribution in [0.2, 0.25) is 0 Å². The van der Waals surface area contributed by atoms with Gasteiger partial charge in [0, 0.05) is 25.6 Å². The SMILES string of the molecule is CCC(=O)N1CCC(NC(=O)C(C)Cl)CC1. The van der Waals surface area contributed by atoms with E-state index in [4.69, 9.17) is 11.6 Å². The number of rotatable bonds is 3. The molecule has 1 aliphatic rings. The maximum atomic E-state index is 11.4. The Morgan fingerprint density at radius 2 is 2.00 bits per heavy atom. The summed E-state index contributed by atoms with van der Waals surface area (Å²) in [6.07, 6.45) is 2.19. The summed E-state index contributed by atoms with van der Waals surface area (Å²) in [5, 5.41) is 2.40. The van der Waals surface area contributed by atoms with Crippen LogP contribution in [0.3, 0.4) is 0 Å². The monoisotopic (exact) mass is 246 g/mol. The van der Waals surface area contributed by atoms with Gasteiger partial charge in [0.2, 0.25) is 11.8 Å². The molecule has 1 unspecified atom stereocenters. The highest BCUT2D eigenvalue weighted by Crippen LogP contribution is 2.11. The first-order chi connectivity index (χ1) is 7.54. The average Bonchev–Trinajstić information content (AvgIpc) is 2.28. The van der Waals surface area contributed by atoms with Crippen LogP contribution in [0.5, 0.6) is 0 Å². The Balaban J connectivity index is 2.32. The molecule has 0 saturated carbocycles. The second-order valence-electron chi connectivity index (χ2n) is 4.13. The molecule has 5 heteroatoms. The number of halogens is 1. The number of carbonyl (C=O) groups excluding carboxylic acids is 2. The summed E-state index contributed by atoms with van der Waals surface area (Å²) < 4.78 is 0. The lowest BCUT2D eigenvalue weighted by Crippen LogP contribution is -2.47. The molecule has 16 heavy (non-hydrogen) atoms. The van der Waals surface area contributed by atoms with Gasteiger partial charge in [-0.25, -0.2) is 0 Å². The largest absolute Gasteiger partial charge is 0.352 e. The zero-order chi connectivity index (χ0) is 12.1. The summed E-state index contributed by atoms with van der Waals surface area (Å²) in [7, 11) is 0. The van der Waals surface area contributed by atoms with Crippen molar-refractivity contribution in [1.29, 1.82) is 0 Å². The normalized spacial score (nSPS) is 19.3. The van der Waals surface area contributed by atoms with Crippen molar-refractivity contribution in [3.05, 3.63) is 0 Å². The second-order valence-corrected chi connectivity index (χ2v) is 4.79. The number of amides is 2. The summed E-state index contributed by atoms with van der Waals surface area (Å²) in [5.41, 5.74) is 0. The lowest BCUT2D eigenvalue weighted by molar-refractivity contribution is -0.132. The molecule has 1 saturated heterocycles. The van der Waals surface area contributed by atoms with E-state index < -0.39 is 5.38 Å². The molecule has 0 aromatic rings. The number of carbonyl (C=O) groups is 2. The van der Waals surface area contributed by atoms with Crippen molar-refractivity contribution in [2.75, 3.05) is 13.1 Å². The minimum Gasteiger partial charge on any atom is -0.352 e. The Labute approximate surface area is 101 Å². The quantitative estimate of drug-likeness (QED) is 0.759. The van der Waals surface area contributed by atoms with E-state index in [0.29, 0.717) is 6.42 Å². The molecule has 1 fully saturated rings. The van der Waals surface area contributed by atoms with E-state index in [1.807, 2.05) is 11.8 Å². The van der Waals surface area contributed by atoms with E-state index in [0.717, 1.165) is 25.9 Å². The lowest BCUT2D eigenvalue weighted by Gasteiger charge is -2.32. The van der Waals surface area contributed by atoms with Gasteiger partial charge in [-0.3, -0.25) is 9.59 Å². The molecule has 0 spiro atoms. The van der Waals surface area contributed by atoms with Gasteiger partial charge in [-0.15, -0.1) is 11.6 Å². The first-order valence-electron chi connectivity index (χ1n) is 5.76. The Kier molecular flexibility index (Phi) is 5.06. The Morgan fingerprint density at radius 1 is 1.44 bits per heavy atom. The van der Waals surface area contributed by atoms with Crippen LogP contribution in [0.15, 0.2) is 0 Å². The molecule has 1 aliphatic heterocycles. The highest BCUT2D eigenvalue weighted by Gasteiger charge is 2.23. The van der Waals surface area contributed by atoms with Crippen molar-refractivity contribution >= 4 is 23.4 Å². The molecule has 0 aliphatic carbocycles. The maximum Gasteiger partial charge on any atom is 0.237 e. The fourth-order valence-corrected chi connectivity index (χ4v) is 1.88. The highest BCUT2D eigenvalue weighted by atomic mass is 35.5. The number of hydrogen-bond acceptors (Lipinski definition) is 2. The van der Waals surface area contributed by atoms with Crippen LogP contribution < -0.4 is 5.32 Å². The van der Waals surface area contributed by atoms with E-state index in [9.17, 15) is 9.59 Å². The van der Waals surface area contributed by atoms with Gasteiger partial charge in [-0.05, 0) is 19.8 Å². The fourth-order valence-electron chi connectivity index (χ4n) is 1.81. The predicted octanol–water partition coefficient (Wildman–Crippen LogP) is 1.13. The van der Waals surface area contributed by atoms with E-state index in [-0.39, 0.29) is 17.9 Å². The number of piperidine rings is 1. The molecule has 2 amide bonds. The maximum absolute atomic E-state index is 11.4. The van der Waals surface area contributed by atoms with Crippen molar-refractivity contribution in [3.8, 4) is 0 Å². The molecule has 0 aromatic heterocycles. The van der Waals surface area contributed by atoms with Crippen molar-refractivity contribution in [2.45, 2.75) is 44.5 Å². The van der Waals surface area contributed by atoms with Crippen molar-refractivity contribution in [1.82, 2.24) is 10.2 Å². The van der Waals surface area contributed by atoms with Gasteiger partial charge in [0.05, 0.1) is 0 Å². The van der Waals surface area contributed by atoms with Crippen molar-refractivity contribution in [2.24, 2.45) is 0 Å². The van der Waals surface area contributed by atoms with Gasteiger partial charge >= 0.3 is 0 Å². The molecule has 0 bridgehead atoms. The van der Waals surface area contributed by atoms with E-state index in [2.05, 4.69) is 5.32 Å². The van der Waals surface area contributed by atoms with Crippen LogP contribution in [0.4, 0.5) is 0 Å². The molecule has 1 atom stereocenters. The molecular formula is C11H19ClN2O2. The number of likely N-dealkylation sites (tertiary alicyclic amines) is 1. The van der Waals surface area contributed by atoms with E-state index in [1.165, 1.54) is 0 Å². The van der Waals surface area contributed by atoms with E-state index in [1.54, 1.807) is 6.92 Å². The zero-order valence-electron chi connectivity index (χ0n) is 9.83. The molecule has 4 nitrogen and oxygen atoms in total. The first kappa shape index (κ1) is 13.3. The standard InChI is InChI=1S/C11H19ClN2O2/c1-3-10(15)14-6-4-9(5-7-14)13-11(16)8(2)12/h8-9H,3-7H2,1-2H3,(H,13,16). The summed E-state index contributed by atoms with van der Waals surface area (Å²) >= 11 is 5.67. The predicted molar refractivity (Wildman–Crippen MR) is 63.4 cm³/mol. The minimum atomic E-state index is -0.490. The van der Waals surface area contributed by atoms with Gasteiger partial charge in [0.1, 0.15) is 5.38 Å². The Hall–Kier alpha value is -0.770. The van der Waals surface area contributed by atoms with Crippen molar-refractivity contribution in [3.63, 3.8) is 0 Å². The summed E-state index contributed by atoms with van der Waals surface area (Å²) in [5.74, 6) is 0.0671. The average molecular weight is 247 g/mol. The highest BCUT2D eigenvalue weighted by molar-refractivity contribution is 6.30. The molecule has 1 N–H and O–H groups in total. The van der Waals surface area contributed by atoms with Crippen LogP contribution in [0, 0.1) is 0 Å². The minimum absolute atomic E-state index is 0.123. The van der Waals surface area contributed by atoms with Crippen molar-refractivity contribution < 1.29 is 9.59 Å². The summed E-state index contributed by atoms with van der Waals surface area (Å²) in [4.78, 5) is 24.6. The second kappa shape index (κ2) is 6.09. The van der Waals surface area contributed by atoms with Crippen LogP contribution in [0.1, 0.15) is 33.1 Å². The molecule has 92 valence electrons. The fraction of sp³-hybridized carbons (Fsp3) is 0.818. The zero-order valence-corrected chi connectivity index (χ0v) is 10.6.